The van der Waals surface area contributed by atoms with E-state index in [4.69, 9.17) is 4.42 Å². The van der Waals surface area contributed by atoms with E-state index in [0.717, 1.165) is 20.8 Å². The molecule has 0 bridgehead atoms. The number of carbonyl (C=O) groups is 2. The number of hydrogen-bond acceptors (Lipinski definition) is 6. The van der Waals surface area contributed by atoms with Crippen molar-refractivity contribution in [2.75, 3.05) is 5.01 Å². The molecule has 2 amide bonds. The second-order valence-corrected chi connectivity index (χ2v) is 6.78. The molecule has 0 fully saturated rings. The van der Waals surface area contributed by atoms with Crippen molar-refractivity contribution in [3.63, 3.8) is 0 Å². The first-order valence-electron chi connectivity index (χ1n) is 9.00. The second kappa shape index (κ2) is 6.66. The predicted molar refractivity (Wildman–Crippen MR) is 108 cm³/mol. The zero-order chi connectivity index (χ0) is 20.9. The number of fused-ring (bicyclic) bond motifs is 3. The summed E-state index contributed by atoms with van der Waals surface area (Å²) in [5, 5.41) is 1.37. The van der Waals surface area contributed by atoms with Crippen molar-refractivity contribution >= 4 is 34.0 Å². The van der Waals surface area contributed by atoms with Crippen LogP contribution < -0.4 is 10.6 Å². The van der Waals surface area contributed by atoms with Crippen LogP contribution in [0.1, 0.15) is 25.2 Å². The number of benzene rings is 1. The fourth-order valence-corrected chi connectivity index (χ4v) is 3.46. The molecule has 0 aliphatic rings. The van der Waals surface area contributed by atoms with E-state index in [1.807, 2.05) is 43.3 Å². The Kier molecular flexibility index (Phi) is 4.26. The Morgan fingerprint density at radius 2 is 1.69 bits per heavy atom. The summed E-state index contributed by atoms with van der Waals surface area (Å²) in [6.07, 6.45) is 0. The highest BCUT2D eigenvalue weighted by Gasteiger charge is 2.25. The number of rotatable bonds is 2. The normalized spacial score (nSPS) is 11.2. The van der Waals surface area contributed by atoms with E-state index >= 15 is 0 Å². The van der Waals surface area contributed by atoms with Gasteiger partial charge < -0.3 is 4.42 Å². The maximum Gasteiger partial charge on any atom is 0.316 e. The number of amides is 2. The van der Waals surface area contributed by atoms with Crippen LogP contribution in [0.2, 0.25) is 0 Å². The van der Waals surface area contributed by atoms with Gasteiger partial charge in [0.05, 0.1) is 11.1 Å². The molecule has 1 aromatic carbocycles. The van der Waals surface area contributed by atoms with E-state index in [9.17, 15) is 14.4 Å². The van der Waals surface area contributed by atoms with Crippen LogP contribution in [0.25, 0.3) is 33.5 Å². The molecule has 0 atom stereocenters. The van der Waals surface area contributed by atoms with Gasteiger partial charge in [0.25, 0.3) is 0 Å². The van der Waals surface area contributed by atoms with Crippen LogP contribution in [0.4, 0.5) is 0 Å². The van der Waals surface area contributed by atoms with Crippen molar-refractivity contribution in [1.82, 2.24) is 14.6 Å². The summed E-state index contributed by atoms with van der Waals surface area (Å²) < 4.78 is 6.71. The zero-order valence-corrected chi connectivity index (χ0v) is 16.4. The lowest BCUT2D eigenvalue weighted by molar-refractivity contribution is -0.126. The number of imide groups is 1. The number of pyridine rings is 1. The molecule has 29 heavy (non-hydrogen) atoms. The molecule has 8 heteroatoms. The van der Waals surface area contributed by atoms with Crippen LogP contribution in [0, 0.1) is 13.8 Å². The minimum Gasteiger partial charge on any atom is -0.430 e. The first-order valence-corrected chi connectivity index (χ1v) is 9.00. The highest BCUT2D eigenvalue weighted by molar-refractivity contribution is 6.07. The second-order valence-electron chi connectivity index (χ2n) is 6.78. The Labute approximate surface area is 165 Å². The van der Waals surface area contributed by atoms with Gasteiger partial charge in [0.2, 0.25) is 23.1 Å². The number of aromatic nitrogens is 3. The van der Waals surface area contributed by atoms with E-state index in [0.29, 0.717) is 16.6 Å². The van der Waals surface area contributed by atoms with Crippen LogP contribution in [0.15, 0.2) is 45.6 Å². The monoisotopic (exact) mass is 390 g/mol. The van der Waals surface area contributed by atoms with Gasteiger partial charge in [-0.3, -0.25) is 14.4 Å². The molecule has 0 radical (unpaired) electrons. The Hall–Kier alpha value is -3.81. The molecule has 0 aliphatic carbocycles. The van der Waals surface area contributed by atoms with Crippen LogP contribution in [0.5, 0.6) is 0 Å². The van der Waals surface area contributed by atoms with Gasteiger partial charge >= 0.3 is 5.56 Å². The molecule has 0 saturated carbocycles. The van der Waals surface area contributed by atoms with E-state index < -0.39 is 17.4 Å². The summed E-state index contributed by atoms with van der Waals surface area (Å²) in [5.74, 6) is -0.997. The van der Waals surface area contributed by atoms with E-state index in [1.54, 1.807) is 6.92 Å². The van der Waals surface area contributed by atoms with Gasteiger partial charge in [0.1, 0.15) is 11.3 Å². The molecule has 0 aliphatic heterocycles. The van der Waals surface area contributed by atoms with Gasteiger partial charge in [-0.05, 0) is 25.5 Å². The van der Waals surface area contributed by atoms with Gasteiger partial charge in [-0.2, -0.15) is 9.69 Å². The highest BCUT2D eigenvalue weighted by Crippen LogP contribution is 2.30. The van der Waals surface area contributed by atoms with Crippen molar-refractivity contribution in [3.8, 4) is 11.3 Å². The summed E-state index contributed by atoms with van der Waals surface area (Å²) in [5.41, 5.74) is 2.41. The third kappa shape index (κ3) is 2.89. The number of carbonyl (C=O) groups excluding carboxylic acids is 2. The molecule has 0 spiro atoms. The third-order valence-electron chi connectivity index (χ3n) is 4.67. The van der Waals surface area contributed by atoms with Crippen LogP contribution in [-0.4, -0.2) is 26.5 Å². The van der Waals surface area contributed by atoms with E-state index in [1.165, 1.54) is 13.8 Å². The molecule has 4 aromatic rings. The van der Waals surface area contributed by atoms with Crippen molar-refractivity contribution in [2.24, 2.45) is 0 Å². The molecule has 0 N–H and O–H groups in total. The van der Waals surface area contributed by atoms with Crippen molar-refractivity contribution in [1.29, 1.82) is 0 Å². The molecular formula is C21H18N4O4. The van der Waals surface area contributed by atoms with Gasteiger partial charge in [0.15, 0.2) is 0 Å². The minimum absolute atomic E-state index is 0.0566. The van der Waals surface area contributed by atoms with Crippen molar-refractivity contribution in [2.45, 2.75) is 27.7 Å². The number of hydrogen-bond donors (Lipinski definition) is 0. The largest absolute Gasteiger partial charge is 0.430 e. The third-order valence-corrected chi connectivity index (χ3v) is 4.67. The zero-order valence-electron chi connectivity index (χ0n) is 16.4. The van der Waals surface area contributed by atoms with Crippen LogP contribution in [0.3, 0.4) is 0 Å². The average molecular weight is 390 g/mol. The summed E-state index contributed by atoms with van der Waals surface area (Å²) in [7, 11) is 0. The number of nitrogens with zero attached hydrogens (tertiary/aromatic N) is 4. The predicted octanol–water partition coefficient (Wildman–Crippen LogP) is 2.85. The Balaban J connectivity index is 2.04. The first kappa shape index (κ1) is 18.5. The summed E-state index contributed by atoms with van der Waals surface area (Å²) in [6.45, 7) is 5.85. The molecule has 0 saturated heterocycles. The Morgan fingerprint density at radius 1 is 1.03 bits per heavy atom. The average Bonchev–Trinajstić information content (AvgIpc) is 3.04. The lowest BCUT2D eigenvalue weighted by Gasteiger charge is -2.20. The van der Waals surface area contributed by atoms with Gasteiger partial charge in [-0.1, -0.05) is 30.3 Å². The first-order chi connectivity index (χ1) is 13.8. The van der Waals surface area contributed by atoms with Gasteiger partial charge in [-0.15, -0.1) is 0 Å². The fourth-order valence-electron chi connectivity index (χ4n) is 3.46. The molecule has 146 valence electrons. The molecule has 3 aromatic heterocycles. The van der Waals surface area contributed by atoms with Crippen LogP contribution in [-0.2, 0) is 9.59 Å². The smallest absolute Gasteiger partial charge is 0.316 e. The van der Waals surface area contributed by atoms with Crippen molar-refractivity contribution < 1.29 is 14.0 Å². The fraction of sp³-hybridized carbons (Fsp3) is 0.190. The lowest BCUT2D eigenvalue weighted by atomic mass is 10.1. The van der Waals surface area contributed by atoms with Gasteiger partial charge in [0, 0.05) is 19.4 Å². The maximum absolute atomic E-state index is 13.1. The Bertz CT molecular complexity index is 1340. The molecular weight excluding hydrogens is 372 g/mol. The quantitative estimate of drug-likeness (QED) is 0.522. The summed E-state index contributed by atoms with van der Waals surface area (Å²) >= 11 is 0. The highest BCUT2D eigenvalue weighted by atomic mass is 16.3. The van der Waals surface area contributed by atoms with Crippen LogP contribution >= 0.6 is 0 Å². The standard InChI is InChI=1S/C21H18N4O4/c1-11-10-16(15-8-6-5-7-9-15)23-20-17(11)18-19(29-20)21(28)24(12(2)22-18)25(13(3)26)14(4)27/h5-10H,1-4H3. The molecule has 4 rings (SSSR count). The van der Waals surface area contributed by atoms with Crippen molar-refractivity contribution in [3.05, 3.63) is 58.1 Å². The van der Waals surface area contributed by atoms with E-state index in [-0.39, 0.29) is 17.1 Å². The van der Waals surface area contributed by atoms with Gasteiger partial charge in [-0.25, -0.2) is 9.97 Å². The molecule has 3 heterocycles. The maximum atomic E-state index is 13.1. The number of aryl methyl sites for hydroxylation is 2. The van der Waals surface area contributed by atoms with E-state index in [2.05, 4.69) is 9.97 Å². The Morgan fingerprint density at radius 3 is 2.31 bits per heavy atom. The summed E-state index contributed by atoms with van der Waals surface area (Å²) in [6, 6.07) is 11.5. The minimum atomic E-state index is -0.642. The summed E-state index contributed by atoms with van der Waals surface area (Å²) in [4.78, 5) is 46.0. The topological polar surface area (TPSA) is 98.3 Å². The SMILES string of the molecule is CC(=O)N(C(C)=O)n1c(C)nc2c(oc3nc(-c4ccccc4)cc(C)c32)c1=O. The number of furan rings is 1. The lowest BCUT2D eigenvalue weighted by Crippen LogP contribution is -2.49. The molecule has 0 unspecified atom stereocenters. The molecule has 8 nitrogen and oxygen atoms in total.